The molecule has 0 aliphatic heterocycles. The third kappa shape index (κ3) is 5.49. The summed E-state index contributed by atoms with van der Waals surface area (Å²) in [6, 6.07) is 0.497. The van der Waals surface area contributed by atoms with E-state index in [0.717, 1.165) is 13.0 Å². The van der Waals surface area contributed by atoms with E-state index in [0.29, 0.717) is 18.5 Å². The van der Waals surface area contributed by atoms with Crippen LogP contribution in [0.2, 0.25) is 0 Å². The van der Waals surface area contributed by atoms with Gasteiger partial charge in [-0.15, -0.1) is 5.10 Å². The number of nitrogens with zero attached hydrogens (tertiary/aromatic N) is 2. The van der Waals surface area contributed by atoms with E-state index in [1.54, 1.807) is 0 Å². The SMILES string of the molecule is CCNCc1nnc(NC(C)(C)CC(C)(C)C)o1. The maximum absolute atomic E-state index is 5.54. The second-order valence-corrected chi connectivity index (χ2v) is 6.53. The van der Waals surface area contributed by atoms with Gasteiger partial charge in [-0.05, 0) is 32.2 Å². The van der Waals surface area contributed by atoms with Crippen LogP contribution in [0.3, 0.4) is 0 Å². The van der Waals surface area contributed by atoms with E-state index in [1.807, 2.05) is 6.92 Å². The third-order valence-electron chi connectivity index (χ3n) is 2.41. The van der Waals surface area contributed by atoms with Gasteiger partial charge in [0.05, 0.1) is 6.54 Å². The van der Waals surface area contributed by atoms with Gasteiger partial charge in [-0.1, -0.05) is 32.8 Å². The van der Waals surface area contributed by atoms with Crippen LogP contribution in [-0.4, -0.2) is 22.3 Å². The summed E-state index contributed by atoms with van der Waals surface area (Å²) in [6.45, 7) is 14.5. The van der Waals surface area contributed by atoms with Crippen LogP contribution in [-0.2, 0) is 6.54 Å². The third-order valence-corrected chi connectivity index (χ3v) is 2.41. The van der Waals surface area contributed by atoms with Gasteiger partial charge in [-0.3, -0.25) is 0 Å². The average Bonchev–Trinajstić information content (AvgIpc) is 2.57. The van der Waals surface area contributed by atoms with Crippen molar-refractivity contribution in [3.63, 3.8) is 0 Å². The normalized spacial score (nSPS) is 12.8. The molecule has 0 aliphatic carbocycles. The topological polar surface area (TPSA) is 63.0 Å². The lowest BCUT2D eigenvalue weighted by molar-refractivity contribution is 0.297. The van der Waals surface area contributed by atoms with Crippen LogP contribution in [0.25, 0.3) is 0 Å². The molecule has 0 aliphatic rings. The molecule has 18 heavy (non-hydrogen) atoms. The standard InChI is InChI=1S/C13H26N4O/c1-7-14-8-10-16-17-11(18-10)15-13(5,6)9-12(2,3)4/h14H,7-9H2,1-6H3,(H,15,17). The van der Waals surface area contributed by atoms with E-state index < -0.39 is 0 Å². The highest BCUT2D eigenvalue weighted by Gasteiger charge is 2.26. The summed E-state index contributed by atoms with van der Waals surface area (Å²) in [6.07, 6.45) is 1.02. The second kappa shape index (κ2) is 5.69. The van der Waals surface area contributed by atoms with Gasteiger partial charge in [-0.25, -0.2) is 0 Å². The molecule has 0 aromatic carbocycles. The Morgan fingerprint density at radius 3 is 2.33 bits per heavy atom. The van der Waals surface area contributed by atoms with E-state index in [4.69, 9.17) is 4.42 Å². The molecule has 0 radical (unpaired) electrons. The molecule has 0 unspecified atom stereocenters. The van der Waals surface area contributed by atoms with E-state index >= 15 is 0 Å². The van der Waals surface area contributed by atoms with Crippen LogP contribution in [0.1, 0.15) is 53.9 Å². The summed E-state index contributed by atoms with van der Waals surface area (Å²) >= 11 is 0. The molecule has 1 aromatic rings. The largest absolute Gasteiger partial charge is 0.407 e. The highest BCUT2D eigenvalue weighted by atomic mass is 16.4. The molecule has 104 valence electrons. The number of hydrogen-bond donors (Lipinski definition) is 2. The van der Waals surface area contributed by atoms with Crippen LogP contribution in [0, 0.1) is 5.41 Å². The highest BCUT2D eigenvalue weighted by molar-refractivity contribution is 5.22. The van der Waals surface area contributed by atoms with Crippen molar-refractivity contribution < 1.29 is 4.42 Å². The lowest BCUT2D eigenvalue weighted by Gasteiger charge is -2.32. The molecule has 0 saturated carbocycles. The van der Waals surface area contributed by atoms with Gasteiger partial charge in [0.15, 0.2) is 0 Å². The summed E-state index contributed by atoms with van der Waals surface area (Å²) in [5.41, 5.74) is 0.184. The Bertz CT molecular complexity index is 365. The fourth-order valence-electron chi connectivity index (χ4n) is 2.27. The van der Waals surface area contributed by atoms with Crippen molar-refractivity contribution in [1.82, 2.24) is 15.5 Å². The summed E-state index contributed by atoms with van der Waals surface area (Å²) in [4.78, 5) is 0. The molecular formula is C13H26N4O. The predicted molar refractivity (Wildman–Crippen MR) is 73.5 cm³/mol. The van der Waals surface area contributed by atoms with Crippen molar-refractivity contribution in [3.8, 4) is 0 Å². The molecule has 2 N–H and O–H groups in total. The van der Waals surface area contributed by atoms with Crippen LogP contribution in [0.4, 0.5) is 6.01 Å². The van der Waals surface area contributed by atoms with Crippen molar-refractivity contribution in [1.29, 1.82) is 0 Å². The molecular weight excluding hydrogens is 228 g/mol. The van der Waals surface area contributed by atoms with Crippen LogP contribution in [0.5, 0.6) is 0 Å². The monoisotopic (exact) mass is 254 g/mol. The number of anilines is 1. The lowest BCUT2D eigenvalue weighted by atomic mass is 9.82. The predicted octanol–water partition coefficient (Wildman–Crippen LogP) is 2.81. The Morgan fingerprint density at radius 1 is 1.11 bits per heavy atom. The van der Waals surface area contributed by atoms with E-state index in [-0.39, 0.29) is 11.0 Å². The number of rotatable bonds is 6. The van der Waals surface area contributed by atoms with Crippen molar-refractivity contribution in [2.45, 2.75) is 60.0 Å². The Hall–Kier alpha value is -1.10. The highest BCUT2D eigenvalue weighted by Crippen LogP contribution is 2.29. The summed E-state index contributed by atoms with van der Waals surface area (Å²) < 4.78 is 5.54. The van der Waals surface area contributed by atoms with E-state index in [9.17, 15) is 0 Å². The molecule has 1 aromatic heterocycles. The zero-order valence-electron chi connectivity index (χ0n) is 12.4. The van der Waals surface area contributed by atoms with Crippen molar-refractivity contribution >= 4 is 6.01 Å². The number of aromatic nitrogens is 2. The Morgan fingerprint density at radius 2 is 1.78 bits per heavy atom. The van der Waals surface area contributed by atoms with Crippen molar-refractivity contribution in [3.05, 3.63) is 5.89 Å². The molecule has 0 saturated heterocycles. The van der Waals surface area contributed by atoms with Crippen molar-refractivity contribution in [2.24, 2.45) is 5.41 Å². The zero-order chi connectivity index (χ0) is 13.8. The molecule has 0 amide bonds. The Kier molecular flexibility index (Phi) is 4.73. The molecule has 0 bridgehead atoms. The van der Waals surface area contributed by atoms with Gasteiger partial charge in [0.25, 0.3) is 0 Å². The zero-order valence-corrected chi connectivity index (χ0v) is 12.4. The van der Waals surface area contributed by atoms with Gasteiger partial charge in [0, 0.05) is 5.54 Å². The first-order chi connectivity index (χ1) is 8.22. The Labute approximate surface area is 110 Å². The lowest BCUT2D eigenvalue weighted by Crippen LogP contribution is -2.35. The molecule has 1 rings (SSSR count). The van der Waals surface area contributed by atoms with Gasteiger partial charge < -0.3 is 15.1 Å². The van der Waals surface area contributed by atoms with Gasteiger partial charge in [0.2, 0.25) is 5.89 Å². The molecule has 0 atom stereocenters. The molecule has 5 nitrogen and oxygen atoms in total. The maximum Gasteiger partial charge on any atom is 0.315 e. The van der Waals surface area contributed by atoms with Gasteiger partial charge in [0.1, 0.15) is 0 Å². The summed E-state index contributed by atoms with van der Waals surface area (Å²) in [7, 11) is 0. The minimum Gasteiger partial charge on any atom is -0.407 e. The number of hydrogen-bond acceptors (Lipinski definition) is 5. The first-order valence-corrected chi connectivity index (χ1v) is 6.53. The molecule has 1 heterocycles. The maximum atomic E-state index is 5.54. The van der Waals surface area contributed by atoms with E-state index in [1.165, 1.54) is 0 Å². The van der Waals surface area contributed by atoms with Crippen molar-refractivity contribution in [2.75, 3.05) is 11.9 Å². The molecule has 0 spiro atoms. The quantitative estimate of drug-likeness (QED) is 0.817. The number of nitrogens with one attached hydrogen (secondary N) is 2. The smallest absolute Gasteiger partial charge is 0.315 e. The Balaban J connectivity index is 2.58. The molecule has 5 heteroatoms. The second-order valence-electron chi connectivity index (χ2n) is 6.53. The van der Waals surface area contributed by atoms with Gasteiger partial charge >= 0.3 is 6.01 Å². The van der Waals surface area contributed by atoms with Crippen LogP contribution < -0.4 is 10.6 Å². The van der Waals surface area contributed by atoms with Gasteiger partial charge in [-0.2, -0.15) is 0 Å². The minimum atomic E-state index is -0.0692. The first kappa shape index (κ1) is 15.0. The summed E-state index contributed by atoms with van der Waals surface area (Å²) in [5, 5.41) is 14.5. The van der Waals surface area contributed by atoms with E-state index in [2.05, 4.69) is 55.4 Å². The molecule has 0 fully saturated rings. The average molecular weight is 254 g/mol. The summed E-state index contributed by atoms with van der Waals surface area (Å²) in [5.74, 6) is 0.617. The first-order valence-electron chi connectivity index (χ1n) is 6.53. The fourth-order valence-corrected chi connectivity index (χ4v) is 2.27. The fraction of sp³-hybridized carbons (Fsp3) is 0.846. The minimum absolute atomic E-state index is 0.0692. The van der Waals surface area contributed by atoms with Crippen LogP contribution in [0.15, 0.2) is 4.42 Å². The van der Waals surface area contributed by atoms with Crippen LogP contribution >= 0.6 is 0 Å².